The molecular weight excluding hydrogens is 248 g/mol. The van der Waals surface area contributed by atoms with Crippen molar-refractivity contribution < 1.29 is 4.74 Å². The van der Waals surface area contributed by atoms with Crippen LogP contribution in [0.5, 0.6) is 11.6 Å². The Hall–Kier alpha value is -1.87. The molecule has 0 saturated heterocycles. The predicted molar refractivity (Wildman–Crippen MR) is 82.3 cm³/mol. The Bertz CT molecular complexity index is 579. The van der Waals surface area contributed by atoms with Crippen LogP contribution < -0.4 is 10.1 Å². The highest BCUT2D eigenvalue weighted by Crippen LogP contribution is 2.26. The van der Waals surface area contributed by atoms with Gasteiger partial charge in [0.25, 0.3) is 0 Å². The number of benzene rings is 1. The lowest BCUT2D eigenvalue weighted by molar-refractivity contribution is 0.455. The molecule has 0 saturated carbocycles. The van der Waals surface area contributed by atoms with Crippen molar-refractivity contribution in [1.82, 2.24) is 10.3 Å². The van der Waals surface area contributed by atoms with E-state index in [1.807, 2.05) is 44.3 Å². The van der Waals surface area contributed by atoms with Gasteiger partial charge in [0.1, 0.15) is 5.75 Å². The summed E-state index contributed by atoms with van der Waals surface area (Å²) in [6, 6.07) is 12.1. The van der Waals surface area contributed by atoms with E-state index in [4.69, 9.17) is 4.74 Å². The minimum atomic E-state index is 0.381. The molecule has 0 aliphatic rings. The average Bonchev–Trinajstić information content (AvgIpc) is 2.41. The molecule has 1 aromatic carbocycles. The normalized spacial score (nSPS) is 10.8. The Labute approximate surface area is 121 Å². The van der Waals surface area contributed by atoms with Crippen LogP contribution in [-0.2, 0) is 6.54 Å². The molecule has 106 valence electrons. The quantitative estimate of drug-likeness (QED) is 0.891. The molecule has 1 heterocycles. The maximum atomic E-state index is 5.95. The molecule has 0 radical (unpaired) electrons. The Balaban J connectivity index is 2.33. The summed E-state index contributed by atoms with van der Waals surface area (Å²) in [5.41, 5.74) is 3.36. The summed E-state index contributed by atoms with van der Waals surface area (Å²) in [6.45, 7) is 7.13. The third kappa shape index (κ3) is 3.58. The van der Waals surface area contributed by atoms with Gasteiger partial charge in [0, 0.05) is 18.3 Å². The van der Waals surface area contributed by atoms with E-state index in [-0.39, 0.29) is 0 Å². The molecule has 0 atom stereocenters. The first-order valence-electron chi connectivity index (χ1n) is 6.99. The van der Waals surface area contributed by atoms with Gasteiger partial charge in [-0.15, -0.1) is 0 Å². The third-order valence-corrected chi connectivity index (χ3v) is 3.16. The Morgan fingerprint density at radius 3 is 2.60 bits per heavy atom. The number of ether oxygens (including phenoxy) is 1. The first kappa shape index (κ1) is 14.5. The van der Waals surface area contributed by atoms with Gasteiger partial charge in [0.2, 0.25) is 5.88 Å². The highest BCUT2D eigenvalue weighted by Gasteiger charge is 2.08. The van der Waals surface area contributed by atoms with Crippen LogP contribution in [0, 0.1) is 6.92 Å². The zero-order chi connectivity index (χ0) is 14.5. The fraction of sp³-hybridized carbons (Fsp3) is 0.353. The lowest BCUT2D eigenvalue weighted by Gasteiger charge is -2.13. The Morgan fingerprint density at radius 2 is 1.95 bits per heavy atom. The summed E-state index contributed by atoms with van der Waals surface area (Å²) in [6.07, 6.45) is 0. The Kier molecular flexibility index (Phi) is 4.74. The van der Waals surface area contributed by atoms with Crippen LogP contribution >= 0.6 is 0 Å². The summed E-state index contributed by atoms with van der Waals surface area (Å²) >= 11 is 0. The number of nitrogens with one attached hydrogen (secondary N) is 1. The summed E-state index contributed by atoms with van der Waals surface area (Å²) in [5, 5.41) is 3.17. The molecule has 0 spiro atoms. The monoisotopic (exact) mass is 270 g/mol. The van der Waals surface area contributed by atoms with E-state index in [2.05, 4.69) is 30.2 Å². The molecule has 20 heavy (non-hydrogen) atoms. The van der Waals surface area contributed by atoms with Gasteiger partial charge < -0.3 is 10.1 Å². The summed E-state index contributed by atoms with van der Waals surface area (Å²) in [7, 11) is 1.94. The van der Waals surface area contributed by atoms with Crippen molar-refractivity contribution >= 4 is 0 Å². The van der Waals surface area contributed by atoms with E-state index in [1.54, 1.807) is 0 Å². The summed E-state index contributed by atoms with van der Waals surface area (Å²) < 4.78 is 5.95. The zero-order valence-electron chi connectivity index (χ0n) is 12.6. The molecular formula is C17H22N2O. The van der Waals surface area contributed by atoms with Crippen molar-refractivity contribution in [3.05, 3.63) is 53.2 Å². The van der Waals surface area contributed by atoms with Gasteiger partial charge in [-0.3, -0.25) is 0 Å². The number of para-hydroxylation sites is 1. The van der Waals surface area contributed by atoms with E-state index in [1.165, 1.54) is 5.56 Å². The zero-order valence-corrected chi connectivity index (χ0v) is 12.6. The van der Waals surface area contributed by atoms with E-state index < -0.39 is 0 Å². The molecule has 1 N–H and O–H groups in total. The second-order valence-corrected chi connectivity index (χ2v) is 5.29. The van der Waals surface area contributed by atoms with E-state index >= 15 is 0 Å². The Morgan fingerprint density at radius 1 is 1.20 bits per heavy atom. The number of rotatable bonds is 5. The second-order valence-electron chi connectivity index (χ2n) is 5.29. The minimum absolute atomic E-state index is 0.381. The number of aromatic nitrogens is 1. The molecule has 3 nitrogen and oxygen atoms in total. The molecule has 3 heteroatoms. The van der Waals surface area contributed by atoms with Gasteiger partial charge >= 0.3 is 0 Å². The van der Waals surface area contributed by atoms with E-state index in [0.29, 0.717) is 11.8 Å². The standard InChI is InChI=1S/C17H22N2O/c1-12(2)15-9-14(11-18-4)10-17(19-15)20-16-8-6-5-7-13(16)3/h5-10,12,18H,11H2,1-4H3. The van der Waals surface area contributed by atoms with Crippen LogP contribution in [0.15, 0.2) is 36.4 Å². The maximum absolute atomic E-state index is 5.95. The smallest absolute Gasteiger partial charge is 0.219 e. The SMILES string of the molecule is CNCc1cc(Oc2ccccc2C)nc(C(C)C)c1. The fourth-order valence-corrected chi connectivity index (χ4v) is 2.02. The highest BCUT2D eigenvalue weighted by atomic mass is 16.5. The van der Waals surface area contributed by atoms with Crippen molar-refractivity contribution in [3.63, 3.8) is 0 Å². The maximum Gasteiger partial charge on any atom is 0.219 e. The van der Waals surface area contributed by atoms with Crippen molar-refractivity contribution in [1.29, 1.82) is 0 Å². The van der Waals surface area contributed by atoms with Crippen molar-refractivity contribution in [2.75, 3.05) is 7.05 Å². The van der Waals surface area contributed by atoms with Crippen LogP contribution in [0.3, 0.4) is 0 Å². The van der Waals surface area contributed by atoms with Crippen molar-refractivity contribution in [2.24, 2.45) is 0 Å². The summed E-state index contributed by atoms with van der Waals surface area (Å²) in [5.74, 6) is 1.90. The first-order valence-corrected chi connectivity index (χ1v) is 6.99. The van der Waals surface area contributed by atoms with Crippen LogP contribution in [0.1, 0.15) is 36.6 Å². The minimum Gasteiger partial charge on any atom is -0.439 e. The van der Waals surface area contributed by atoms with Gasteiger partial charge in [-0.25, -0.2) is 4.98 Å². The second kappa shape index (κ2) is 6.53. The lowest BCUT2D eigenvalue weighted by atomic mass is 10.1. The number of pyridine rings is 1. The number of hydrogen-bond donors (Lipinski definition) is 1. The van der Waals surface area contributed by atoms with Crippen LogP contribution in [0.25, 0.3) is 0 Å². The molecule has 0 aliphatic carbocycles. The lowest BCUT2D eigenvalue weighted by Crippen LogP contribution is -2.07. The number of nitrogens with zero attached hydrogens (tertiary/aromatic N) is 1. The molecule has 0 bridgehead atoms. The largest absolute Gasteiger partial charge is 0.439 e. The molecule has 0 unspecified atom stereocenters. The van der Waals surface area contributed by atoms with Gasteiger partial charge in [-0.05, 0) is 43.1 Å². The number of hydrogen-bond acceptors (Lipinski definition) is 3. The highest BCUT2D eigenvalue weighted by molar-refractivity contribution is 5.36. The fourth-order valence-electron chi connectivity index (χ4n) is 2.02. The van der Waals surface area contributed by atoms with Crippen LogP contribution in [0.2, 0.25) is 0 Å². The topological polar surface area (TPSA) is 34.1 Å². The van der Waals surface area contributed by atoms with Crippen LogP contribution in [-0.4, -0.2) is 12.0 Å². The van der Waals surface area contributed by atoms with E-state index in [0.717, 1.165) is 23.6 Å². The van der Waals surface area contributed by atoms with E-state index in [9.17, 15) is 0 Å². The van der Waals surface area contributed by atoms with Gasteiger partial charge in [-0.1, -0.05) is 32.0 Å². The molecule has 0 fully saturated rings. The van der Waals surface area contributed by atoms with Crippen molar-refractivity contribution in [2.45, 2.75) is 33.2 Å². The van der Waals surface area contributed by atoms with Gasteiger partial charge in [-0.2, -0.15) is 0 Å². The molecule has 2 aromatic rings. The van der Waals surface area contributed by atoms with Gasteiger partial charge in [0.15, 0.2) is 0 Å². The first-order chi connectivity index (χ1) is 9.60. The average molecular weight is 270 g/mol. The van der Waals surface area contributed by atoms with Gasteiger partial charge in [0.05, 0.1) is 0 Å². The molecule has 2 rings (SSSR count). The number of aryl methyl sites for hydroxylation is 1. The molecule has 0 aliphatic heterocycles. The molecule has 1 aromatic heterocycles. The molecule has 0 amide bonds. The predicted octanol–water partition coefficient (Wildman–Crippen LogP) is 4.03. The third-order valence-electron chi connectivity index (χ3n) is 3.16. The van der Waals surface area contributed by atoms with Crippen LogP contribution in [0.4, 0.5) is 0 Å². The van der Waals surface area contributed by atoms with Crippen molar-refractivity contribution in [3.8, 4) is 11.6 Å². The summed E-state index contributed by atoms with van der Waals surface area (Å²) in [4.78, 5) is 4.60.